The Balaban J connectivity index is 1.78. The van der Waals surface area contributed by atoms with E-state index in [1.165, 1.54) is 0 Å². The van der Waals surface area contributed by atoms with Crippen LogP contribution in [0.15, 0.2) is 53.9 Å². The van der Waals surface area contributed by atoms with Crippen molar-refractivity contribution in [2.45, 2.75) is 0 Å². The summed E-state index contributed by atoms with van der Waals surface area (Å²) in [5.74, 6) is 0.202. The molecular formula is C14H12N6O. The van der Waals surface area contributed by atoms with Gasteiger partial charge in [0.1, 0.15) is 23.4 Å². The highest BCUT2D eigenvalue weighted by Gasteiger charge is 2.22. The molecule has 3 aromatic rings. The van der Waals surface area contributed by atoms with Crippen molar-refractivity contribution in [3.63, 3.8) is 0 Å². The molecule has 0 atom stereocenters. The number of rotatable bonds is 2. The van der Waals surface area contributed by atoms with E-state index in [0.717, 1.165) is 22.4 Å². The summed E-state index contributed by atoms with van der Waals surface area (Å²) in [5, 5.41) is 18.3. The normalized spacial score (nSPS) is 13.9. The fraction of sp³-hybridized carbons (Fsp3) is 0. The predicted molar refractivity (Wildman–Crippen MR) is 80.8 cm³/mol. The first-order valence-electron chi connectivity index (χ1n) is 6.42. The van der Waals surface area contributed by atoms with E-state index in [-0.39, 0.29) is 5.75 Å². The fourth-order valence-electron chi connectivity index (χ4n) is 2.34. The van der Waals surface area contributed by atoms with Crippen LogP contribution in [0.4, 0.5) is 11.4 Å². The second-order valence-corrected chi connectivity index (χ2v) is 4.59. The van der Waals surface area contributed by atoms with Crippen molar-refractivity contribution in [3.8, 4) is 5.75 Å². The second-order valence-electron chi connectivity index (χ2n) is 4.59. The topological polar surface area (TPSA) is 79.8 Å². The molecule has 1 aromatic carbocycles. The fourth-order valence-corrected chi connectivity index (χ4v) is 2.34. The number of hydrazone groups is 1. The lowest BCUT2D eigenvalue weighted by Gasteiger charge is -2.27. The smallest absolute Gasteiger partial charge is 0.139 e. The average Bonchev–Trinajstić information content (AvgIpc) is 3.13. The van der Waals surface area contributed by atoms with E-state index in [9.17, 15) is 5.11 Å². The van der Waals surface area contributed by atoms with Crippen LogP contribution >= 0.6 is 0 Å². The van der Waals surface area contributed by atoms with Gasteiger partial charge in [0.15, 0.2) is 0 Å². The van der Waals surface area contributed by atoms with E-state index in [2.05, 4.69) is 20.6 Å². The lowest BCUT2D eigenvalue weighted by molar-refractivity contribution is 0.475. The maximum Gasteiger partial charge on any atom is 0.139 e. The van der Waals surface area contributed by atoms with Gasteiger partial charge in [0.05, 0.1) is 5.69 Å². The maximum atomic E-state index is 9.64. The number of hydrogen-bond donors (Lipinski definition) is 3. The predicted octanol–water partition coefficient (Wildman–Crippen LogP) is 1.96. The summed E-state index contributed by atoms with van der Waals surface area (Å²) in [5.41, 5.74) is 5.40. The molecule has 2 aromatic heterocycles. The summed E-state index contributed by atoms with van der Waals surface area (Å²) < 4.78 is 0. The monoisotopic (exact) mass is 280 g/mol. The number of benzene rings is 1. The van der Waals surface area contributed by atoms with E-state index in [1.54, 1.807) is 40.9 Å². The zero-order valence-corrected chi connectivity index (χ0v) is 10.9. The number of anilines is 2. The molecule has 4 rings (SSSR count). The first kappa shape index (κ1) is 11.6. The molecule has 0 bridgehead atoms. The Morgan fingerprint density at radius 2 is 2.10 bits per heavy atom. The van der Waals surface area contributed by atoms with Crippen molar-refractivity contribution < 1.29 is 5.11 Å². The number of aromatic amines is 1. The molecule has 0 saturated carbocycles. The third-order valence-corrected chi connectivity index (χ3v) is 3.29. The lowest BCUT2D eigenvalue weighted by Crippen LogP contribution is -2.43. The molecule has 3 N–H and O–H groups in total. The molecule has 0 amide bonds. The molecule has 1 aliphatic rings. The molecule has 7 heteroatoms. The van der Waals surface area contributed by atoms with Gasteiger partial charge in [-0.2, -0.15) is 10.7 Å². The first-order valence-corrected chi connectivity index (χ1v) is 6.42. The molecule has 0 fully saturated rings. The summed E-state index contributed by atoms with van der Waals surface area (Å²) in [6, 6.07) is 10.8. The third kappa shape index (κ3) is 1.83. The van der Waals surface area contributed by atoms with Gasteiger partial charge in [0.2, 0.25) is 0 Å². The van der Waals surface area contributed by atoms with Crippen molar-refractivity contribution in [2.75, 3.05) is 10.1 Å². The summed E-state index contributed by atoms with van der Waals surface area (Å²) >= 11 is 0. The van der Waals surface area contributed by atoms with E-state index in [1.807, 2.05) is 24.4 Å². The minimum Gasteiger partial charge on any atom is -0.508 e. The molecule has 21 heavy (non-hydrogen) atoms. The number of H-pyrrole nitrogens is 1. The Bertz CT molecular complexity index is 827. The molecule has 0 saturated heterocycles. The minimum absolute atomic E-state index is 0.202. The number of phenols is 1. The van der Waals surface area contributed by atoms with Gasteiger partial charge in [0, 0.05) is 23.8 Å². The second kappa shape index (κ2) is 4.41. The molecule has 7 nitrogen and oxygen atoms in total. The van der Waals surface area contributed by atoms with Gasteiger partial charge in [-0.15, -0.1) is 5.10 Å². The van der Waals surface area contributed by atoms with Crippen molar-refractivity contribution in [2.24, 2.45) is 5.10 Å². The Morgan fingerprint density at radius 1 is 1.14 bits per heavy atom. The maximum absolute atomic E-state index is 9.64. The number of phenolic OH excluding ortho intramolecular Hbond substituents is 1. The van der Waals surface area contributed by atoms with E-state index >= 15 is 0 Å². The van der Waals surface area contributed by atoms with Gasteiger partial charge in [-0.3, -0.25) is 0 Å². The van der Waals surface area contributed by atoms with Gasteiger partial charge < -0.3 is 10.1 Å². The Labute approximate surface area is 120 Å². The molecule has 0 unspecified atom stereocenters. The Kier molecular flexibility index (Phi) is 2.43. The Morgan fingerprint density at radius 3 is 3.00 bits per heavy atom. The van der Waals surface area contributed by atoms with Crippen LogP contribution in [0.2, 0.25) is 0 Å². The number of aromatic nitrogens is 2. The summed E-state index contributed by atoms with van der Waals surface area (Å²) in [4.78, 5) is 7.40. The third-order valence-electron chi connectivity index (χ3n) is 3.29. The molecule has 0 radical (unpaired) electrons. The highest BCUT2D eigenvalue weighted by atomic mass is 16.3. The van der Waals surface area contributed by atoms with Gasteiger partial charge in [0.25, 0.3) is 0 Å². The largest absolute Gasteiger partial charge is 0.508 e. The minimum atomic E-state index is 0.202. The van der Waals surface area contributed by atoms with Gasteiger partial charge in [-0.1, -0.05) is 6.07 Å². The number of nitrogens with zero attached hydrogens (tertiary/aromatic N) is 4. The molecule has 1 aliphatic heterocycles. The Hall–Kier alpha value is -3.22. The number of hydrazine groups is 2. The van der Waals surface area contributed by atoms with E-state index in [0.29, 0.717) is 0 Å². The number of nitrogens with one attached hydrogen (secondary N) is 2. The van der Waals surface area contributed by atoms with Crippen molar-refractivity contribution in [1.82, 2.24) is 15.5 Å². The standard InChI is InChI=1S/C14H12N6O/c21-11-4-1-3-10(7-11)19-9-17-18-20(19)13-8-16-14-12(13)5-2-6-15-14/h1-9,18,21H,(H,15,16). The first-order chi connectivity index (χ1) is 10.3. The van der Waals surface area contributed by atoms with Gasteiger partial charge in [-0.25, -0.2) is 9.99 Å². The number of fused-ring (bicyclic) bond motifs is 1. The van der Waals surface area contributed by atoms with Crippen molar-refractivity contribution in [1.29, 1.82) is 0 Å². The van der Waals surface area contributed by atoms with Gasteiger partial charge >= 0.3 is 0 Å². The van der Waals surface area contributed by atoms with E-state index < -0.39 is 0 Å². The lowest BCUT2D eigenvalue weighted by atomic mass is 10.3. The van der Waals surface area contributed by atoms with Crippen LogP contribution in [-0.4, -0.2) is 21.4 Å². The number of aromatic hydroxyl groups is 1. The van der Waals surface area contributed by atoms with Crippen LogP contribution < -0.4 is 15.7 Å². The quantitative estimate of drug-likeness (QED) is 0.668. The SMILES string of the molecule is Oc1cccc(N2C=NNN2c2c[nH]c3ncccc23)c1. The average molecular weight is 280 g/mol. The molecule has 3 heterocycles. The summed E-state index contributed by atoms with van der Waals surface area (Å²) in [7, 11) is 0. The van der Waals surface area contributed by atoms with Crippen LogP contribution in [0.1, 0.15) is 0 Å². The highest BCUT2D eigenvalue weighted by molar-refractivity contribution is 5.94. The van der Waals surface area contributed by atoms with Crippen LogP contribution in [-0.2, 0) is 0 Å². The van der Waals surface area contributed by atoms with Crippen LogP contribution in [0.5, 0.6) is 5.75 Å². The van der Waals surface area contributed by atoms with Crippen LogP contribution in [0.3, 0.4) is 0 Å². The zero-order valence-electron chi connectivity index (χ0n) is 10.9. The number of pyridine rings is 1. The molecule has 104 valence electrons. The van der Waals surface area contributed by atoms with Crippen LogP contribution in [0.25, 0.3) is 11.0 Å². The van der Waals surface area contributed by atoms with Crippen LogP contribution in [0, 0.1) is 0 Å². The summed E-state index contributed by atoms with van der Waals surface area (Å²) in [6.45, 7) is 0. The van der Waals surface area contributed by atoms with E-state index in [4.69, 9.17) is 0 Å². The number of hydrogen-bond acceptors (Lipinski definition) is 6. The molecule has 0 spiro atoms. The van der Waals surface area contributed by atoms with Crippen molar-refractivity contribution in [3.05, 3.63) is 48.8 Å². The van der Waals surface area contributed by atoms with Gasteiger partial charge in [-0.05, 0) is 24.3 Å². The molecular weight excluding hydrogens is 268 g/mol. The zero-order chi connectivity index (χ0) is 14.2. The van der Waals surface area contributed by atoms with Crippen molar-refractivity contribution >= 4 is 28.7 Å². The molecule has 0 aliphatic carbocycles. The highest BCUT2D eigenvalue weighted by Crippen LogP contribution is 2.29. The summed E-state index contributed by atoms with van der Waals surface area (Å²) in [6.07, 6.45) is 5.24.